The van der Waals surface area contributed by atoms with Crippen LogP contribution in [0, 0.1) is 0 Å². The predicted octanol–water partition coefficient (Wildman–Crippen LogP) is 6.22. The molecule has 0 saturated carbocycles. The van der Waals surface area contributed by atoms with Gasteiger partial charge in [-0.3, -0.25) is 0 Å². The van der Waals surface area contributed by atoms with Crippen molar-refractivity contribution in [2.75, 3.05) is 6.54 Å². The minimum absolute atomic E-state index is 0.331. The summed E-state index contributed by atoms with van der Waals surface area (Å²) in [5.41, 5.74) is 3.23. The van der Waals surface area contributed by atoms with Gasteiger partial charge in [0.1, 0.15) is 5.03 Å². The third-order valence-electron chi connectivity index (χ3n) is 6.39. The lowest BCUT2D eigenvalue weighted by atomic mass is 9.95. The van der Waals surface area contributed by atoms with E-state index in [0.29, 0.717) is 16.0 Å². The molecule has 6 heteroatoms. The Labute approximate surface area is 199 Å². The molecule has 1 unspecified atom stereocenters. The number of aromatic nitrogens is 1. The maximum atomic E-state index is 13.4. The molecule has 0 bridgehead atoms. The van der Waals surface area contributed by atoms with E-state index in [1.807, 2.05) is 30.3 Å². The van der Waals surface area contributed by atoms with E-state index in [1.165, 1.54) is 10.5 Å². The van der Waals surface area contributed by atoms with Crippen LogP contribution >= 0.6 is 11.3 Å². The van der Waals surface area contributed by atoms with Gasteiger partial charge in [-0.15, -0.1) is 11.3 Å². The van der Waals surface area contributed by atoms with Crippen LogP contribution in [0.1, 0.15) is 36.1 Å². The number of nitrogens with one attached hydrogen (secondary N) is 2. The van der Waals surface area contributed by atoms with Crippen LogP contribution < -0.4 is 5.32 Å². The number of aryl methyl sites for hydroxylation is 1. The zero-order chi connectivity index (χ0) is 22.7. The fourth-order valence-corrected chi connectivity index (χ4v) is 7.01. The van der Waals surface area contributed by atoms with Crippen molar-refractivity contribution >= 4 is 37.7 Å². The van der Waals surface area contributed by atoms with E-state index in [9.17, 15) is 8.42 Å². The zero-order valence-electron chi connectivity index (χ0n) is 18.5. The Morgan fingerprint density at radius 1 is 0.939 bits per heavy atom. The second-order valence-electron chi connectivity index (χ2n) is 8.56. The first-order valence-corrected chi connectivity index (χ1v) is 13.9. The minimum atomic E-state index is -3.60. The average Bonchev–Trinajstić information content (AvgIpc) is 3.52. The minimum Gasteiger partial charge on any atom is -0.345 e. The molecule has 5 rings (SSSR count). The van der Waals surface area contributed by atoms with Crippen LogP contribution in [0.15, 0.2) is 88.1 Å². The lowest BCUT2D eigenvalue weighted by Gasteiger charge is -2.24. The van der Waals surface area contributed by atoms with Crippen molar-refractivity contribution in [2.45, 2.75) is 48.1 Å². The Morgan fingerprint density at radius 2 is 1.76 bits per heavy atom. The third-order valence-corrected chi connectivity index (χ3v) is 9.11. The number of hydrogen-bond donors (Lipinski definition) is 2. The summed E-state index contributed by atoms with van der Waals surface area (Å²) in [6, 6.07) is 21.4. The molecule has 0 spiro atoms. The quantitative estimate of drug-likeness (QED) is 0.297. The molecule has 1 aliphatic rings. The van der Waals surface area contributed by atoms with Gasteiger partial charge in [-0.2, -0.15) is 0 Å². The summed E-state index contributed by atoms with van der Waals surface area (Å²) < 4.78 is 26.8. The van der Waals surface area contributed by atoms with Gasteiger partial charge in [-0.1, -0.05) is 55.0 Å². The molecule has 0 fully saturated rings. The Bertz CT molecular complexity index is 1350. The second-order valence-corrected chi connectivity index (χ2v) is 11.4. The van der Waals surface area contributed by atoms with Crippen molar-refractivity contribution in [2.24, 2.45) is 0 Å². The predicted molar refractivity (Wildman–Crippen MR) is 136 cm³/mol. The van der Waals surface area contributed by atoms with E-state index in [1.54, 1.807) is 35.6 Å². The number of rotatable bonds is 8. The van der Waals surface area contributed by atoms with Gasteiger partial charge in [0.15, 0.2) is 0 Å². The summed E-state index contributed by atoms with van der Waals surface area (Å²) in [5.74, 6) is 0. The normalized spacial score (nSPS) is 16.7. The topological polar surface area (TPSA) is 62.0 Å². The number of unbranched alkanes of at least 4 members (excludes halogenated alkanes) is 1. The number of H-pyrrole nitrogens is 1. The molecule has 2 N–H and O–H groups in total. The van der Waals surface area contributed by atoms with Crippen molar-refractivity contribution in [3.63, 3.8) is 0 Å². The molecule has 1 aliphatic heterocycles. The molecular weight excluding hydrogens is 448 g/mol. The Balaban J connectivity index is 1.29. The van der Waals surface area contributed by atoms with Crippen molar-refractivity contribution in [1.82, 2.24) is 10.3 Å². The van der Waals surface area contributed by atoms with Gasteiger partial charge >= 0.3 is 0 Å². The molecule has 0 radical (unpaired) electrons. The first-order chi connectivity index (χ1) is 16.1. The van der Waals surface area contributed by atoms with E-state index in [4.69, 9.17) is 0 Å². The zero-order valence-corrected chi connectivity index (χ0v) is 20.1. The number of fused-ring (bicyclic) bond motifs is 1. The number of sulfone groups is 1. The third kappa shape index (κ3) is 4.69. The van der Waals surface area contributed by atoms with Gasteiger partial charge in [0.2, 0.25) is 9.84 Å². The number of thiophene rings is 1. The van der Waals surface area contributed by atoms with Gasteiger partial charge in [0.05, 0.1) is 4.90 Å². The van der Waals surface area contributed by atoms with Crippen LogP contribution in [0.5, 0.6) is 0 Å². The molecule has 3 heterocycles. The number of benzene rings is 2. The number of aromatic amines is 1. The summed E-state index contributed by atoms with van der Waals surface area (Å²) in [4.78, 5) is 4.91. The van der Waals surface area contributed by atoms with Gasteiger partial charge in [-0.25, -0.2) is 8.42 Å². The molecule has 1 atom stereocenters. The van der Waals surface area contributed by atoms with Crippen molar-refractivity contribution in [3.8, 4) is 0 Å². The molecule has 2 aromatic heterocycles. The van der Waals surface area contributed by atoms with Crippen LogP contribution in [-0.2, 0) is 16.3 Å². The molecule has 4 aromatic rings. The molecule has 2 aromatic carbocycles. The largest absolute Gasteiger partial charge is 0.345 e. The highest BCUT2D eigenvalue weighted by atomic mass is 32.2. The monoisotopic (exact) mass is 476 g/mol. The van der Waals surface area contributed by atoms with Crippen LogP contribution in [0.4, 0.5) is 0 Å². The van der Waals surface area contributed by atoms with Gasteiger partial charge in [-0.05, 0) is 66.5 Å². The lowest BCUT2D eigenvalue weighted by molar-refractivity contribution is 0.477. The standard InChI is InChI=1S/C27H28N2O2S2/c30-33(31,22-10-2-1-3-11-22)27-24(23-12-6-7-14-25(23)29-27)13-5-4-9-21-19-20(16-17-28-21)26-15-8-18-32-26/h1-3,6-8,10-12,14-16,18,21,28-29H,4-5,9,13,17,19H2. The molecule has 0 amide bonds. The van der Waals surface area contributed by atoms with Gasteiger partial charge in [0.25, 0.3) is 0 Å². The number of hydrogen-bond acceptors (Lipinski definition) is 4. The smallest absolute Gasteiger partial charge is 0.222 e. The van der Waals surface area contributed by atoms with Crippen molar-refractivity contribution in [1.29, 1.82) is 0 Å². The highest BCUT2D eigenvalue weighted by Gasteiger charge is 2.25. The molecule has 0 saturated heterocycles. The van der Waals surface area contributed by atoms with Crippen LogP contribution in [0.3, 0.4) is 0 Å². The second kappa shape index (κ2) is 9.67. The summed E-state index contributed by atoms with van der Waals surface area (Å²) in [6.07, 6.45) is 7.20. The highest BCUT2D eigenvalue weighted by Crippen LogP contribution is 2.32. The molecule has 4 nitrogen and oxygen atoms in total. The fourth-order valence-electron chi connectivity index (χ4n) is 4.70. The Hall–Kier alpha value is -2.67. The average molecular weight is 477 g/mol. The van der Waals surface area contributed by atoms with E-state index in [-0.39, 0.29) is 0 Å². The van der Waals surface area contributed by atoms with Crippen LogP contribution in [-0.4, -0.2) is 26.0 Å². The fraction of sp³-hybridized carbons (Fsp3) is 0.259. The van der Waals surface area contributed by atoms with Crippen molar-refractivity contribution < 1.29 is 8.42 Å². The summed E-state index contributed by atoms with van der Waals surface area (Å²) in [5, 5.41) is 7.10. The Morgan fingerprint density at radius 3 is 2.58 bits per heavy atom. The van der Waals surface area contributed by atoms with Crippen molar-refractivity contribution in [3.05, 3.63) is 88.6 Å². The molecular formula is C27H28N2O2S2. The van der Waals surface area contributed by atoms with E-state index in [2.05, 4.69) is 33.9 Å². The summed E-state index contributed by atoms with van der Waals surface area (Å²) in [7, 11) is -3.60. The molecule has 33 heavy (non-hydrogen) atoms. The Kier molecular flexibility index (Phi) is 6.49. The van der Waals surface area contributed by atoms with Gasteiger partial charge < -0.3 is 10.3 Å². The first-order valence-electron chi connectivity index (χ1n) is 11.5. The molecule has 0 aliphatic carbocycles. The van der Waals surface area contributed by atoms with Crippen LogP contribution in [0.25, 0.3) is 16.5 Å². The highest BCUT2D eigenvalue weighted by molar-refractivity contribution is 7.91. The maximum Gasteiger partial charge on any atom is 0.222 e. The first kappa shape index (κ1) is 22.1. The summed E-state index contributed by atoms with van der Waals surface area (Å²) in [6.45, 7) is 0.916. The molecule has 170 valence electrons. The van der Waals surface area contributed by atoms with E-state index in [0.717, 1.165) is 55.1 Å². The number of para-hydroxylation sites is 1. The van der Waals surface area contributed by atoms with Gasteiger partial charge in [0, 0.05) is 28.4 Å². The lowest BCUT2D eigenvalue weighted by Crippen LogP contribution is -2.32. The van der Waals surface area contributed by atoms with E-state index < -0.39 is 9.84 Å². The van der Waals surface area contributed by atoms with E-state index >= 15 is 0 Å². The summed E-state index contributed by atoms with van der Waals surface area (Å²) >= 11 is 1.80. The SMILES string of the molecule is O=S(=O)(c1ccccc1)c1[nH]c2ccccc2c1CCCCC1CC(c2cccs2)=CCN1. The maximum absolute atomic E-state index is 13.4. The van der Waals surface area contributed by atoms with Crippen LogP contribution in [0.2, 0.25) is 0 Å².